The number of hydrogen-bond donors (Lipinski definition) is 1. The van der Waals surface area contributed by atoms with Crippen molar-refractivity contribution >= 4 is 5.91 Å². The van der Waals surface area contributed by atoms with Gasteiger partial charge in [-0.2, -0.15) is 4.98 Å². The highest BCUT2D eigenvalue weighted by Crippen LogP contribution is 2.30. The molecule has 3 heterocycles. The third-order valence-electron chi connectivity index (χ3n) is 4.41. The standard InChI is InChI=1S/C15H20N6O2/c22-14(17-11-3-4-11)13-18-15(23-19-13)12-2-1-6-21(12)9-8-20-7-5-16-10-20/h5,7,10-12H,1-4,6,8-9H2,(H,17,22)/t12-/m1/s1. The first-order valence-electron chi connectivity index (χ1n) is 8.14. The predicted octanol–water partition coefficient (Wildman–Crippen LogP) is 0.995. The van der Waals surface area contributed by atoms with Crippen LogP contribution in [0, 0.1) is 0 Å². The lowest BCUT2D eigenvalue weighted by Crippen LogP contribution is -2.28. The highest BCUT2D eigenvalue weighted by atomic mass is 16.5. The van der Waals surface area contributed by atoms with Gasteiger partial charge in [0.2, 0.25) is 5.89 Å². The van der Waals surface area contributed by atoms with E-state index in [1.807, 2.05) is 12.5 Å². The molecular formula is C15H20N6O2. The number of nitrogens with one attached hydrogen (secondary N) is 1. The van der Waals surface area contributed by atoms with Crippen LogP contribution >= 0.6 is 0 Å². The molecule has 8 heteroatoms. The summed E-state index contributed by atoms with van der Waals surface area (Å²) in [7, 11) is 0. The predicted molar refractivity (Wildman–Crippen MR) is 80.6 cm³/mol. The van der Waals surface area contributed by atoms with Gasteiger partial charge in [0.25, 0.3) is 11.7 Å². The number of hydrogen-bond acceptors (Lipinski definition) is 6. The van der Waals surface area contributed by atoms with E-state index in [4.69, 9.17) is 4.52 Å². The number of carbonyl (C=O) groups is 1. The van der Waals surface area contributed by atoms with Crippen LogP contribution < -0.4 is 5.32 Å². The number of likely N-dealkylation sites (tertiary alicyclic amines) is 1. The summed E-state index contributed by atoms with van der Waals surface area (Å²) >= 11 is 0. The van der Waals surface area contributed by atoms with E-state index in [2.05, 4.69) is 29.9 Å². The fourth-order valence-corrected chi connectivity index (χ4v) is 2.98. The van der Waals surface area contributed by atoms with Crippen LogP contribution in [0.4, 0.5) is 0 Å². The molecule has 2 aromatic rings. The van der Waals surface area contributed by atoms with E-state index in [9.17, 15) is 4.79 Å². The van der Waals surface area contributed by atoms with Crippen LogP contribution in [0.15, 0.2) is 23.2 Å². The molecule has 1 aliphatic heterocycles. The molecule has 23 heavy (non-hydrogen) atoms. The summed E-state index contributed by atoms with van der Waals surface area (Å²) in [5.41, 5.74) is 0. The van der Waals surface area contributed by atoms with Crippen molar-refractivity contribution in [3.8, 4) is 0 Å². The van der Waals surface area contributed by atoms with Gasteiger partial charge in [0.15, 0.2) is 0 Å². The molecule has 4 rings (SSSR count). The first-order valence-corrected chi connectivity index (χ1v) is 8.14. The van der Waals surface area contributed by atoms with Crippen molar-refractivity contribution < 1.29 is 9.32 Å². The molecule has 1 saturated heterocycles. The first-order chi connectivity index (χ1) is 11.3. The Morgan fingerprint density at radius 2 is 2.26 bits per heavy atom. The Kier molecular flexibility index (Phi) is 3.82. The van der Waals surface area contributed by atoms with Crippen molar-refractivity contribution in [2.24, 2.45) is 0 Å². The summed E-state index contributed by atoms with van der Waals surface area (Å²) in [5, 5.41) is 6.73. The summed E-state index contributed by atoms with van der Waals surface area (Å²) in [6.45, 7) is 2.78. The molecule has 122 valence electrons. The van der Waals surface area contributed by atoms with Gasteiger partial charge in [-0.05, 0) is 32.2 Å². The highest BCUT2D eigenvalue weighted by molar-refractivity contribution is 5.90. The Hall–Kier alpha value is -2.22. The van der Waals surface area contributed by atoms with Crippen LogP contribution in [-0.4, -0.2) is 49.6 Å². The minimum atomic E-state index is -0.231. The van der Waals surface area contributed by atoms with E-state index in [1.54, 1.807) is 6.20 Å². The molecule has 0 aromatic carbocycles. The molecule has 1 atom stereocenters. The number of nitrogens with zero attached hydrogens (tertiary/aromatic N) is 5. The first kappa shape index (κ1) is 14.4. The van der Waals surface area contributed by atoms with Gasteiger partial charge in [0.05, 0.1) is 12.4 Å². The monoisotopic (exact) mass is 316 g/mol. The third-order valence-corrected chi connectivity index (χ3v) is 4.41. The van der Waals surface area contributed by atoms with Gasteiger partial charge in [0.1, 0.15) is 0 Å². The van der Waals surface area contributed by atoms with Gasteiger partial charge in [-0.1, -0.05) is 5.16 Å². The maximum absolute atomic E-state index is 12.0. The van der Waals surface area contributed by atoms with Gasteiger partial charge < -0.3 is 14.4 Å². The molecule has 0 bridgehead atoms. The van der Waals surface area contributed by atoms with Crippen LogP contribution in [0.1, 0.15) is 48.2 Å². The number of imidazole rings is 1. The Labute approximate surface area is 133 Å². The second kappa shape index (κ2) is 6.11. The molecule has 1 N–H and O–H groups in total. The zero-order chi connectivity index (χ0) is 15.6. The average Bonchev–Trinajstić information content (AvgIpc) is 3.05. The maximum atomic E-state index is 12.0. The number of carbonyl (C=O) groups excluding carboxylic acids is 1. The SMILES string of the molecule is O=C(NC1CC1)c1noc([C@H]2CCCN2CCn2ccnc2)n1. The Morgan fingerprint density at radius 3 is 3.04 bits per heavy atom. The van der Waals surface area contributed by atoms with Crippen LogP contribution in [0.5, 0.6) is 0 Å². The molecule has 2 fully saturated rings. The van der Waals surface area contributed by atoms with E-state index in [0.29, 0.717) is 11.9 Å². The van der Waals surface area contributed by atoms with Gasteiger partial charge in [-0.15, -0.1) is 0 Å². The van der Waals surface area contributed by atoms with E-state index in [1.165, 1.54) is 0 Å². The van der Waals surface area contributed by atoms with Crippen LogP contribution in [0.25, 0.3) is 0 Å². The van der Waals surface area contributed by atoms with Crippen molar-refractivity contribution in [2.45, 2.75) is 44.3 Å². The van der Waals surface area contributed by atoms with Crippen molar-refractivity contribution in [2.75, 3.05) is 13.1 Å². The molecule has 1 amide bonds. The van der Waals surface area contributed by atoms with Crippen molar-refractivity contribution in [3.05, 3.63) is 30.4 Å². The third kappa shape index (κ3) is 3.26. The highest BCUT2D eigenvalue weighted by Gasteiger charge is 2.32. The topological polar surface area (TPSA) is 89.1 Å². The molecule has 0 unspecified atom stereocenters. The zero-order valence-electron chi connectivity index (χ0n) is 12.9. The maximum Gasteiger partial charge on any atom is 0.292 e. The van der Waals surface area contributed by atoms with Gasteiger partial charge in [0, 0.05) is 31.5 Å². The van der Waals surface area contributed by atoms with E-state index in [-0.39, 0.29) is 17.8 Å². The second-order valence-electron chi connectivity index (χ2n) is 6.20. The van der Waals surface area contributed by atoms with Crippen LogP contribution in [0.3, 0.4) is 0 Å². The van der Waals surface area contributed by atoms with Crippen molar-refractivity contribution in [3.63, 3.8) is 0 Å². The largest absolute Gasteiger partial charge is 0.346 e. The molecule has 1 aliphatic carbocycles. The van der Waals surface area contributed by atoms with Crippen molar-refractivity contribution in [1.29, 1.82) is 0 Å². The lowest BCUT2D eigenvalue weighted by Gasteiger charge is -2.21. The molecule has 8 nitrogen and oxygen atoms in total. The minimum Gasteiger partial charge on any atom is -0.346 e. The summed E-state index contributed by atoms with van der Waals surface area (Å²) in [6, 6.07) is 0.399. The molecule has 1 saturated carbocycles. The van der Waals surface area contributed by atoms with E-state index < -0.39 is 0 Å². The zero-order valence-corrected chi connectivity index (χ0v) is 12.9. The summed E-state index contributed by atoms with van der Waals surface area (Å²) in [4.78, 5) is 22.7. The Balaban J connectivity index is 1.39. The summed E-state index contributed by atoms with van der Waals surface area (Å²) in [6.07, 6.45) is 9.72. The number of rotatable bonds is 6. The lowest BCUT2D eigenvalue weighted by molar-refractivity contribution is 0.0937. The van der Waals surface area contributed by atoms with Gasteiger partial charge in [-0.25, -0.2) is 4.98 Å². The smallest absolute Gasteiger partial charge is 0.292 e. The fraction of sp³-hybridized carbons (Fsp3) is 0.600. The van der Waals surface area contributed by atoms with E-state index in [0.717, 1.165) is 45.3 Å². The van der Waals surface area contributed by atoms with Crippen LogP contribution in [0.2, 0.25) is 0 Å². The number of aromatic nitrogens is 4. The lowest BCUT2D eigenvalue weighted by atomic mass is 10.2. The average molecular weight is 316 g/mol. The fourth-order valence-electron chi connectivity index (χ4n) is 2.98. The minimum absolute atomic E-state index is 0.105. The van der Waals surface area contributed by atoms with Gasteiger partial charge in [-0.3, -0.25) is 9.69 Å². The van der Waals surface area contributed by atoms with E-state index >= 15 is 0 Å². The summed E-state index contributed by atoms with van der Waals surface area (Å²) < 4.78 is 7.41. The molecule has 0 spiro atoms. The quantitative estimate of drug-likeness (QED) is 0.855. The molecule has 2 aliphatic rings. The number of amides is 1. The van der Waals surface area contributed by atoms with Crippen LogP contribution in [-0.2, 0) is 6.54 Å². The van der Waals surface area contributed by atoms with Gasteiger partial charge >= 0.3 is 0 Å². The molecule has 0 radical (unpaired) electrons. The molecule has 2 aromatic heterocycles. The Morgan fingerprint density at radius 1 is 1.35 bits per heavy atom. The Bertz CT molecular complexity index is 663. The van der Waals surface area contributed by atoms with Crippen molar-refractivity contribution in [1.82, 2.24) is 29.9 Å². The summed E-state index contributed by atoms with van der Waals surface area (Å²) in [5.74, 6) is 0.466. The molecular weight excluding hydrogens is 296 g/mol. The normalized spacial score (nSPS) is 21.7. The second-order valence-corrected chi connectivity index (χ2v) is 6.20.